The molecule has 2 rings (SSSR count). The SMILES string of the molecule is CCCOc1ccc(-c2nc(C(=O)OC)cs2)cc1. The van der Waals surface area contributed by atoms with Crippen LogP contribution >= 0.6 is 11.3 Å². The average Bonchev–Trinajstić information content (AvgIpc) is 2.94. The van der Waals surface area contributed by atoms with Gasteiger partial charge in [-0.05, 0) is 30.7 Å². The molecule has 0 radical (unpaired) electrons. The van der Waals surface area contributed by atoms with E-state index in [1.54, 1.807) is 5.38 Å². The predicted octanol–water partition coefficient (Wildman–Crippen LogP) is 3.39. The van der Waals surface area contributed by atoms with E-state index in [-0.39, 0.29) is 0 Å². The van der Waals surface area contributed by atoms with Crippen molar-refractivity contribution in [2.24, 2.45) is 0 Å². The molecule has 0 fully saturated rings. The summed E-state index contributed by atoms with van der Waals surface area (Å²) in [4.78, 5) is 15.6. The Bertz CT molecular complexity index is 548. The molecule has 1 aromatic heterocycles. The van der Waals surface area contributed by atoms with Gasteiger partial charge in [-0.3, -0.25) is 0 Å². The fraction of sp³-hybridized carbons (Fsp3) is 0.286. The summed E-state index contributed by atoms with van der Waals surface area (Å²) < 4.78 is 10.1. The molecule has 0 spiro atoms. The molecule has 2 aromatic rings. The third-order valence-corrected chi connectivity index (χ3v) is 3.36. The molecule has 0 saturated heterocycles. The molecular formula is C14H15NO3S. The van der Waals surface area contributed by atoms with Gasteiger partial charge in [0.25, 0.3) is 0 Å². The molecule has 0 N–H and O–H groups in total. The maximum absolute atomic E-state index is 11.3. The fourth-order valence-corrected chi connectivity index (χ4v) is 2.31. The van der Waals surface area contributed by atoms with Crippen LogP contribution in [0.15, 0.2) is 29.6 Å². The number of hydrogen-bond donors (Lipinski definition) is 0. The second kappa shape index (κ2) is 6.33. The van der Waals surface area contributed by atoms with E-state index in [4.69, 9.17) is 4.74 Å². The first kappa shape index (κ1) is 13.5. The molecule has 1 aromatic carbocycles. The van der Waals surface area contributed by atoms with Gasteiger partial charge in [0.1, 0.15) is 10.8 Å². The van der Waals surface area contributed by atoms with Crippen molar-refractivity contribution in [2.75, 3.05) is 13.7 Å². The maximum Gasteiger partial charge on any atom is 0.357 e. The number of aromatic nitrogens is 1. The van der Waals surface area contributed by atoms with E-state index in [1.165, 1.54) is 18.4 Å². The molecule has 0 saturated carbocycles. The summed E-state index contributed by atoms with van der Waals surface area (Å²) in [5.74, 6) is 0.431. The van der Waals surface area contributed by atoms with Crippen LogP contribution < -0.4 is 4.74 Å². The Balaban J connectivity index is 2.13. The lowest BCUT2D eigenvalue weighted by Crippen LogP contribution is -2.00. The van der Waals surface area contributed by atoms with Crippen LogP contribution in [-0.4, -0.2) is 24.7 Å². The first-order valence-electron chi connectivity index (χ1n) is 6.01. The van der Waals surface area contributed by atoms with Crippen LogP contribution in [0, 0.1) is 0 Å². The summed E-state index contributed by atoms with van der Waals surface area (Å²) in [6.07, 6.45) is 0.983. The highest BCUT2D eigenvalue weighted by atomic mass is 32.1. The molecule has 0 aliphatic heterocycles. The predicted molar refractivity (Wildman–Crippen MR) is 74.7 cm³/mol. The van der Waals surface area contributed by atoms with Crippen LogP contribution in [0.4, 0.5) is 0 Å². The third-order valence-electron chi connectivity index (χ3n) is 2.47. The molecule has 0 aliphatic carbocycles. The quantitative estimate of drug-likeness (QED) is 0.786. The van der Waals surface area contributed by atoms with Crippen molar-refractivity contribution in [1.82, 2.24) is 4.98 Å². The Morgan fingerprint density at radius 1 is 1.32 bits per heavy atom. The number of esters is 1. The molecule has 1 heterocycles. The number of benzene rings is 1. The number of hydrogen-bond acceptors (Lipinski definition) is 5. The molecule has 0 aliphatic rings. The number of carbonyl (C=O) groups is 1. The number of ether oxygens (including phenoxy) is 2. The lowest BCUT2D eigenvalue weighted by molar-refractivity contribution is 0.0595. The Morgan fingerprint density at radius 3 is 2.68 bits per heavy atom. The number of rotatable bonds is 5. The summed E-state index contributed by atoms with van der Waals surface area (Å²) in [6, 6.07) is 7.68. The number of nitrogens with zero attached hydrogens (tertiary/aromatic N) is 1. The molecular weight excluding hydrogens is 262 g/mol. The van der Waals surface area contributed by atoms with Crippen LogP contribution in [0.2, 0.25) is 0 Å². The molecule has 19 heavy (non-hydrogen) atoms. The van der Waals surface area contributed by atoms with Crippen LogP contribution in [-0.2, 0) is 4.74 Å². The van der Waals surface area contributed by atoms with Gasteiger partial charge in [0.15, 0.2) is 5.69 Å². The molecule has 0 amide bonds. The largest absolute Gasteiger partial charge is 0.494 e. The lowest BCUT2D eigenvalue weighted by Gasteiger charge is -2.04. The average molecular weight is 277 g/mol. The minimum Gasteiger partial charge on any atom is -0.494 e. The third kappa shape index (κ3) is 3.32. The molecule has 100 valence electrons. The topological polar surface area (TPSA) is 48.4 Å². The molecule has 0 unspecified atom stereocenters. The Kier molecular flexibility index (Phi) is 4.52. The van der Waals surface area contributed by atoms with E-state index >= 15 is 0 Å². The minimum absolute atomic E-state index is 0.341. The van der Waals surface area contributed by atoms with E-state index in [2.05, 4.69) is 16.6 Å². The molecule has 4 nitrogen and oxygen atoms in total. The monoisotopic (exact) mass is 277 g/mol. The van der Waals surface area contributed by atoms with Gasteiger partial charge in [0, 0.05) is 10.9 Å². The second-order valence-corrected chi connectivity index (χ2v) is 4.76. The number of thiazole rings is 1. The summed E-state index contributed by atoms with van der Waals surface area (Å²) in [5, 5.41) is 2.49. The standard InChI is InChI=1S/C14H15NO3S/c1-3-8-18-11-6-4-10(5-7-11)13-15-12(9-19-13)14(16)17-2/h4-7,9H,3,8H2,1-2H3. The van der Waals surface area contributed by atoms with Gasteiger partial charge in [-0.15, -0.1) is 11.3 Å². The van der Waals surface area contributed by atoms with Crippen LogP contribution in [0.25, 0.3) is 10.6 Å². The normalized spacial score (nSPS) is 10.2. The van der Waals surface area contributed by atoms with Crippen molar-refractivity contribution in [3.8, 4) is 16.3 Å². The van der Waals surface area contributed by atoms with Crippen molar-refractivity contribution in [3.05, 3.63) is 35.3 Å². The Hall–Kier alpha value is -1.88. The highest BCUT2D eigenvalue weighted by molar-refractivity contribution is 7.13. The Labute approximate surface area is 116 Å². The summed E-state index contributed by atoms with van der Waals surface area (Å²) >= 11 is 1.42. The maximum atomic E-state index is 11.3. The molecule has 5 heteroatoms. The van der Waals surface area contributed by atoms with E-state index in [0.717, 1.165) is 22.7 Å². The zero-order chi connectivity index (χ0) is 13.7. The van der Waals surface area contributed by atoms with Crippen molar-refractivity contribution in [3.63, 3.8) is 0 Å². The van der Waals surface area contributed by atoms with E-state index in [0.29, 0.717) is 12.3 Å². The molecule has 0 atom stereocenters. The number of methoxy groups -OCH3 is 1. The van der Waals surface area contributed by atoms with Crippen LogP contribution in [0.3, 0.4) is 0 Å². The highest BCUT2D eigenvalue weighted by Crippen LogP contribution is 2.26. The van der Waals surface area contributed by atoms with E-state index in [9.17, 15) is 4.79 Å². The summed E-state index contributed by atoms with van der Waals surface area (Å²) in [7, 11) is 1.35. The van der Waals surface area contributed by atoms with Gasteiger partial charge < -0.3 is 9.47 Å². The minimum atomic E-state index is -0.412. The first-order valence-corrected chi connectivity index (χ1v) is 6.89. The number of carbonyl (C=O) groups excluding carboxylic acids is 1. The Morgan fingerprint density at radius 2 is 2.05 bits per heavy atom. The fourth-order valence-electron chi connectivity index (χ4n) is 1.52. The van der Waals surface area contributed by atoms with Gasteiger partial charge >= 0.3 is 5.97 Å². The van der Waals surface area contributed by atoms with Gasteiger partial charge in [-0.1, -0.05) is 6.92 Å². The van der Waals surface area contributed by atoms with Crippen molar-refractivity contribution in [1.29, 1.82) is 0 Å². The van der Waals surface area contributed by atoms with Gasteiger partial charge in [0.2, 0.25) is 0 Å². The van der Waals surface area contributed by atoms with Crippen LogP contribution in [0.5, 0.6) is 5.75 Å². The van der Waals surface area contributed by atoms with E-state index in [1.807, 2.05) is 24.3 Å². The van der Waals surface area contributed by atoms with E-state index < -0.39 is 5.97 Å². The summed E-state index contributed by atoms with van der Waals surface area (Å²) in [6.45, 7) is 2.78. The van der Waals surface area contributed by atoms with Crippen molar-refractivity contribution < 1.29 is 14.3 Å². The zero-order valence-corrected chi connectivity index (χ0v) is 11.7. The van der Waals surface area contributed by atoms with Crippen molar-refractivity contribution >= 4 is 17.3 Å². The van der Waals surface area contributed by atoms with Gasteiger partial charge in [-0.25, -0.2) is 9.78 Å². The molecule has 0 bridgehead atoms. The second-order valence-electron chi connectivity index (χ2n) is 3.90. The van der Waals surface area contributed by atoms with Gasteiger partial charge in [-0.2, -0.15) is 0 Å². The van der Waals surface area contributed by atoms with Gasteiger partial charge in [0.05, 0.1) is 13.7 Å². The smallest absolute Gasteiger partial charge is 0.357 e. The lowest BCUT2D eigenvalue weighted by atomic mass is 10.2. The highest BCUT2D eigenvalue weighted by Gasteiger charge is 2.11. The zero-order valence-electron chi connectivity index (χ0n) is 10.9. The first-order chi connectivity index (χ1) is 9.24. The summed E-state index contributed by atoms with van der Waals surface area (Å²) in [5.41, 5.74) is 1.30. The van der Waals surface area contributed by atoms with Crippen molar-refractivity contribution in [2.45, 2.75) is 13.3 Å². The van der Waals surface area contributed by atoms with Crippen LogP contribution in [0.1, 0.15) is 23.8 Å².